The zero-order valence-corrected chi connectivity index (χ0v) is 18.6. The molecule has 4 rings (SSSR count). The van der Waals surface area contributed by atoms with E-state index < -0.39 is 0 Å². The SMILES string of the molecule is COCCN1CC(NC(=O)Nc2ccc(-c3ccccc3)nc2C)C(c2ccccc2)C1. The van der Waals surface area contributed by atoms with E-state index in [4.69, 9.17) is 4.74 Å². The van der Waals surface area contributed by atoms with Gasteiger partial charge in [0.2, 0.25) is 0 Å². The van der Waals surface area contributed by atoms with Crippen LogP contribution in [0.2, 0.25) is 0 Å². The summed E-state index contributed by atoms with van der Waals surface area (Å²) in [4.78, 5) is 19.9. The number of urea groups is 1. The Hall–Kier alpha value is -3.22. The van der Waals surface area contributed by atoms with Crippen molar-refractivity contribution in [2.45, 2.75) is 18.9 Å². The molecule has 0 spiro atoms. The first-order valence-electron chi connectivity index (χ1n) is 11.0. The molecule has 0 radical (unpaired) electrons. The molecule has 1 aromatic heterocycles. The number of pyridine rings is 1. The number of nitrogens with one attached hydrogen (secondary N) is 2. The van der Waals surface area contributed by atoms with Crippen molar-refractivity contribution in [3.8, 4) is 11.3 Å². The molecule has 2 N–H and O–H groups in total. The summed E-state index contributed by atoms with van der Waals surface area (Å²) in [7, 11) is 1.72. The molecule has 166 valence electrons. The van der Waals surface area contributed by atoms with Crippen LogP contribution in [-0.2, 0) is 4.74 Å². The van der Waals surface area contributed by atoms with Gasteiger partial charge in [0.05, 0.1) is 29.7 Å². The average Bonchev–Trinajstić information content (AvgIpc) is 3.22. The Morgan fingerprint density at radius 2 is 1.75 bits per heavy atom. The van der Waals surface area contributed by atoms with Gasteiger partial charge < -0.3 is 15.4 Å². The van der Waals surface area contributed by atoms with Gasteiger partial charge in [-0.25, -0.2) is 4.79 Å². The van der Waals surface area contributed by atoms with Gasteiger partial charge in [0.15, 0.2) is 0 Å². The Morgan fingerprint density at radius 3 is 2.44 bits per heavy atom. The molecule has 2 atom stereocenters. The minimum Gasteiger partial charge on any atom is -0.383 e. The number of carbonyl (C=O) groups excluding carboxylic acids is 1. The summed E-state index contributed by atoms with van der Waals surface area (Å²) in [6.45, 7) is 5.13. The molecule has 1 aliphatic rings. The number of anilines is 1. The van der Waals surface area contributed by atoms with Crippen molar-refractivity contribution in [2.75, 3.05) is 38.7 Å². The average molecular weight is 431 g/mol. The van der Waals surface area contributed by atoms with E-state index in [9.17, 15) is 4.79 Å². The molecule has 6 heteroatoms. The topological polar surface area (TPSA) is 66.5 Å². The van der Waals surface area contributed by atoms with Gasteiger partial charge in [0.1, 0.15) is 0 Å². The fraction of sp³-hybridized carbons (Fsp3) is 0.308. The van der Waals surface area contributed by atoms with Crippen molar-refractivity contribution >= 4 is 11.7 Å². The smallest absolute Gasteiger partial charge is 0.319 e. The van der Waals surface area contributed by atoms with Crippen LogP contribution in [0, 0.1) is 6.92 Å². The zero-order chi connectivity index (χ0) is 22.3. The number of hydrogen-bond donors (Lipinski definition) is 2. The van der Waals surface area contributed by atoms with E-state index in [2.05, 4.69) is 32.7 Å². The number of methoxy groups -OCH3 is 1. The largest absolute Gasteiger partial charge is 0.383 e. The van der Waals surface area contributed by atoms with Crippen molar-refractivity contribution in [1.29, 1.82) is 0 Å². The monoisotopic (exact) mass is 430 g/mol. The fourth-order valence-electron chi connectivity index (χ4n) is 4.26. The Morgan fingerprint density at radius 1 is 1.03 bits per heavy atom. The van der Waals surface area contributed by atoms with Gasteiger partial charge in [0, 0.05) is 38.2 Å². The highest BCUT2D eigenvalue weighted by atomic mass is 16.5. The van der Waals surface area contributed by atoms with E-state index in [0.717, 1.165) is 36.6 Å². The summed E-state index contributed by atoms with van der Waals surface area (Å²) in [5.41, 5.74) is 4.69. The molecule has 6 nitrogen and oxygen atoms in total. The number of nitrogens with zero attached hydrogens (tertiary/aromatic N) is 2. The molecule has 2 unspecified atom stereocenters. The second-order valence-electron chi connectivity index (χ2n) is 8.17. The molecule has 0 aliphatic carbocycles. The molecule has 1 aliphatic heterocycles. The van der Waals surface area contributed by atoms with Crippen LogP contribution in [0.1, 0.15) is 17.2 Å². The molecule has 1 fully saturated rings. The molecule has 32 heavy (non-hydrogen) atoms. The Balaban J connectivity index is 1.44. The molecule has 3 aromatic rings. The van der Waals surface area contributed by atoms with E-state index in [1.807, 2.05) is 67.6 Å². The lowest BCUT2D eigenvalue weighted by molar-refractivity contribution is 0.159. The maximum Gasteiger partial charge on any atom is 0.319 e. The van der Waals surface area contributed by atoms with Gasteiger partial charge in [-0.1, -0.05) is 60.7 Å². The van der Waals surface area contributed by atoms with Gasteiger partial charge in [0.25, 0.3) is 0 Å². The molecule has 0 bridgehead atoms. The number of carbonyl (C=O) groups is 1. The summed E-state index contributed by atoms with van der Waals surface area (Å²) in [6.07, 6.45) is 0. The Bertz CT molecular complexity index is 1030. The summed E-state index contributed by atoms with van der Waals surface area (Å²) >= 11 is 0. The lowest BCUT2D eigenvalue weighted by atomic mass is 9.94. The van der Waals surface area contributed by atoms with Crippen LogP contribution in [0.4, 0.5) is 10.5 Å². The van der Waals surface area contributed by atoms with Gasteiger partial charge in [-0.05, 0) is 24.6 Å². The quantitative estimate of drug-likeness (QED) is 0.587. The lowest BCUT2D eigenvalue weighted by Crippen LogP contribution is -2.42. The number of ether oxygens (including phenoxy) is 1. The third-order valence-electron chi connectivity index (χ3n) is 5.95. The predicted molar refractivity (Wildman–Crippen MR) is 128 cm³/mol. The highest BCUT2D eigenvalue weighted by Crippen LogP contribution is 2.28. The molecule has 1 saturated heterocycles. The van der Waals surface area contributed by atoms with E-state index >= 15 is 0 Å². The Kier molecular flexibility index (Phi) is 7.14. The van der Waals surface area contributed by atoms with Crippen LogP contribution in [0.5, 0.6) is 0 Å². The number of aromatic nitrogens is 1. The molecule has 2 amide bonds. The van der Waals surface area contributed by atoms with Crippen LogP contribution in [0.3, 0.4) is 0 Å². The van der Waals surface area contributed by atoms with Crippen molar-refractivity contribution in [3.63, 3.8) is 0 Å². The third-order valence-corrected chi connectivity index (χ3v) is 5.95. The maximum atomic E-state index is 12.9. The van der Waals surface area contributed by atoms with Gasteiger partial charge in [-0.15, -0.1) is 0 Å². The maximum absolute atomic E-state index is 12.9. The van der Waals surface area contributed by atoms with Crippen LogP contribution in [0.15, 0.2) is 72.8 Å². The Labute approximate surface area is 189 Å². The minimum absolute atomic E-state index is 0.0195. The van der Waals surface area contributed by atoms with E-state index in [1.54, 1.807) is 7.11 Å². The number of amides is 2. The number of hydrogen-bond acceptors (Lipinski definition) is 4. The first kappa shape index (κ1) is 22.0. The molecular formula is C26H30N4O2. The van der Waals surface area contributed by atoms with Crippen molar-refractivity contribution < 1.29 is 9.53 Å². The van der Waals surface area contributed by atoms with Gasteiger partial charge >= 0.3 is 6.03 Å². The standard InChI is InChI=1S/C26H30N4O2/c1-19-23(13-14-24(27-19)21-11-7-4-8-12-21)28-26(31)29-25-18-30(15-16-32-2)17-22(25)20-9-5-3-6-10-20/h3-14,22,25H,15-18H2,1-2H3,(H2,28,29,31). The number of rotatable bonds is 7. The number of likely N-dealkylation sites (tertiary alicyclic amines) is 1. The summed E-state index contributed by atoms with van der Waals surface area (Å²) in [5, 5.41) is 6.19. The van der Waals surface area contributed by atoms with Crippen LogP contribution in [0.25, 0.3) is 11.3 Å². The molecule has 0 saturated carbocycles. The summed E-state index contributed by atoms with van der Waals surface area (Å²) in [5.74, 6) is 0.235. The van der Waals surface area contributed by atoms with Crippen molar-refractivity contribution in [3.05, 3.63) is 84.1 Å². The first-order valence-corrected chi connectivity index (χ1v) is 11.0. The predicted octanol–water partition coefficient (Wildman–Crippen LogP) is 4.29. The number of benzene rings is 2. The van der Waals surface area contributed by atoms with E-state index in [0.29, 0.717) is 12.3 Å². The highest BCUT2D eigenvalue weighted by Gasteiger charge is 2.34. The van der Waals surface area contributed by atoms with Crippen LogP contribution < -0.4 is 10.6 Å². The lowest BCUT2D eigenvalue weighted by Gasteiger charge is -2.21. The van der Waals surface area contributed by atoms with Crippen molar-refractivity contribution in [1.82, 2.24) is 15.2 Å². The second kappa shape index (κ2) is 10.4. The van der Waals surface area contributed by atoms with Crippen LogP contribution in [-0.4, -0.2) is 55.3 Å². The summed E-state index contributed by atoms with van der Waals surface area (Å²) < 4.78 is 5.25. The van der Waals surface area contributed by atoms with Crippen molar-refractivity contribution in [2.24, 2.45) is 0 Å². The molecular weight excluding hydrogens is 400 g/mol. The second-order valence-corrected chi connectivity index (χ2v) is 8.17. The van der Waals surface area contributed by atoms with E-state index in [1.165, 1.54) is 5.56 Å². The number of aryl methyl sites for hydroxylation is 1. The van der Waals surface area contributed by atoms with Crippen LogP contribution >= 0.6 is 0 Å². The molecule has 2 aromatic carbocycles. The molecule has 2 heterocycles. The van der Waals surface area contributed by atoms with E-state index in [-0.39, 0.29) is 18.0 Å². The van der Waals surface area contributed by atoms with Gasteiger partial charge in [-0.2, -0.15) is 0 Å². The highest BCUT2D eigenvalue weighted by molar-refractivity contribution is 5.90. The normalized spacial score (nSPS) is 18.4. The third kappa shape index (κ3) is 5.33. The van der Waals surface area contributed by atoms with Gasteiger partial charge in [-0.3, -0.25) is 9.88 Å². The first-order chi connectivity index (χ1) is 15.6. The zero-order valence-electron chi connectivity index (χ0n) is 18.6. The fourth-order valence-corrected chi connectivity index (χ4v) is 4.26. The minimum atomic E-state index is -0.207. The summed E-state index contributed by atoms with van der Waals surface area (Å²) in [6, 6.07) is 24.1.